The van der Waals surface area contributed by atoms with Crippen molar-refractivity contribution in [2.75, 3.05) is 19.5 Å². The maximum atomic E-state index is 12.9. The van der Waals surface area contributed by atoms with Gasteiger partial charge in [-0.15, -0.1) is 0 Å². The Morgan fingerprint density at radius 3 is 2.57 bits per heavy atom. The lowest BCUT2D eigenvalue weighted by Crippen LogP contribution is -2.21. The first kappa shape index (κ1) is 17.6. The summed E-state index contributed by atoms with van der Waals surface area (Å²) in [5.74, 6) is 0.623. The lowest BCUT2D eigenvalue weighted by atomic mass is 10.0. The molecule has 4 rings (SSSR count). The number of nitrogens with one attached hydrogen (secondary N) is 2. The van der Waals surface area contributed by atoms with E-state index in [1.165, 1.54) is 7.11 Å². The molecule has 0 bridgehead atoms. The molecule has 0 atom stereocenters. The van der Waals surface area contributed by atoms with Crippen LogP contribution in [-0.2, 0) is 0 Å². The zero-order valence-corrected chi connectivity index (χ0v) is 15.4. The van der Waals surface area contributed by atoms with Gasteiger partial charge in [0.05, 0.1) is 19.9 Å². The van der Waals surface area contributed by atoms with Crippen molar-refractivity contribution in [2.24, 2.45) is 0 Å². The minimum absolute atomic E-state index is 0.140. The number of carbonyl (C=O) groups is 1. The van der Waals surface area contributed by atoms with Gasteiger partial charge < -0.3 is 19.2 Å². The third kappa shape index (κ3) is 3.05. The molecule has 1 aromatic heterocycles. The number of fused-ring (bicyclic) bond motifs is 3. The fraction of sp³-hybridized carbons (Fsp3) is 0.0909. The van der Waals surface area contributed by atoms with E-state index in [9.17, 15) is 4.79 Å². The summed E-state index contributed by atoms with van der Waals surface area (Å²) in [6.45, 7) is 0. The summed E-state index contributed by atoms with van der Waals surface area (Å²) in [4.78, 5) is 12.9. The van der Waals surface area contributed by atoms with Crippen molar-refractivity contribution in [3.63, 3.8) is 0 Å². The molecule has 0 aliphatic carbocycles. The normalized spacial score (nSPS) is 10.8. The van der Waals surface area contributed by atoms with Crippen LogP contribution in [0.25, 0.3) is 21.7 Å². The van der Waals surface area contributed by atoms with Crippen molar-refractivity contribution >= 4 is 33.3 Å². The number of benzene rings is 3. The summed E-state index contributed by atoms with van der Waals surface area (Å²) in [6.07, 6.45) is 0. The van der Waals surface area contributed by atoms with Crippen LogP contribution in [0, 0.1) is 5.41 Å². The summed E-state index contributed by atoms with van der Waals surface area (Å²) < 4.78 is 16.1. The highest BCUT2D eigenvalue weighted by atomic mass is 16.5. The predicted octanol–water partition coefficient (Wildman–Crippen LogP) is 4.33. The molecule has 28 heavy (non-hydrogen) atoms. The van der Waals surface area contributed by atoms with Crippen molar-refractivity contribution < 1.29 is 18.7 Å². The average Bonchev–Trinajstić information content (AvgIpc) is 2.73. The fourth-order valence-corrected chi connectivity index (χ4v) is 3.15. The highest BCUT2D eigenvalue weighted by Crippen LogP contribution is 2.30. The number of carbonyl (C=O) groups excluding carboxylic acids is 1. The SMILES string of the molecule is COc1ccc(NC(=O)c2cc3c(ccc4ccccc43)oc2=N)c(OC)c1. The van der Waals surface area contributed by atoms with Gasteiger partial charge in [0.15, 0.2) is 0 Å². The van der Waals surface area contributed by atoms with Crippen LogP contribution in [-0.4, -0.2) is 20.1 Å². The molecule has 0 saturated heterocycles. The van der Waals surface area contributed by atoms with E-state index in [0.29, 0.717) is 22.8 Å². The van der Waals surface area contributed by atoms with Gasteiger partial charge in [-0.3, -0.25) is 10.2 Å². The lowest BCUT2D eigenvalue weighted by molar-refractivity contribution is 0.102. The van der Waals surface area contributed by atoms with Gasteiger partial charge in [-0.05, 0) is 35.0 Å². The van der Waals surface area contributed by atoms with Crippen LogP contribution in [0.4, 0.5) is 5.69 Å². The van der Waals surface area contributed by atoms with E-state index in [0.717, 1.165) is 16.2 Å². The van der Waals surface area contributed by atoms with E-state index < -0.39 is 5.91 Å². The molecule has 0 saturated carbocycles. The predicted molar refractivity (Wildman–Crippen MR) is 107 cm³/mol. The molecular formula is C22H18N2O4. The highest BCUT2D eigenvalue weighted by Gasteiger charge is 2.15. The topological polar surface area (TPSA) is 84.5 Å². The second-order valence-corrected chi connectivity index (χ2v) is 6.21. The lowest BCUT2D eigenvalue weighted by Gasteiger charge is -2.12. The van der Waals surface area contributed by atoms with Crippen LogP contribution in [0.3, 0.4) is 0 Å². The number of ether oxygens (including phenoxy) is 2. The number of methoxy groups -OCH3 is 2. The Hall–Kier alpha value is -3.80. The molecule has 0 radical (unpaired) electrons. The Morgan fingerprint density at radius 1 is 0.964 bits per heavy atom. The third-order valence-corrected chi connectivity index (χ3v) is 4.58. The van der Waals surface area contributed by atoms with Crippen molar-refractivity contribution in [3.8, 4) is 11.5 Å². The molecular weight excluding hydrogens is 356 g/mol. The number of hydrogen-bond donors (Lipinski definition) is 2. The van der Waals surface area contributed by atoms with Gasteiger partial charge in [-0.2, -0.15) is 0 Å². The van der Waals surface area contributed by atoms with Crippen molar-refractivity contribution in [1.82, 2.24) is 0 Å². The Kier molecular flexibility index (Phi) is 4.45. The van der Waals surface area contributed by atoms with Crippen LogP contribution in [0.15, 0.2) is 65.1 Å². The summed E-state index contributed by atoms with van der Waals surface area (Å²) in [5, 5.41) is 13.7. The molecule has 6 nitrogen and oxygen atoms in total. The molecule has 0 aliphatic rings. The first-order valence-electron chi connectivity index (χ1n) is 8.64. The maximum Gasteiger partial charge on any atom is 0.261 e. The van der Waals surface area contributed by atoms with Gasteiger partial charge >= 0.3 is 0 Å². The van der Waals surface area contributed by atoms with Crippen LogP contribution in [0.2, 0.25) is 0 Å². The molecule has 1 heterocycles. The molecule has 4 aromatic rings. The minimum Gasteiger partial charge on any atom is -0.497 e. The van der Waals surface area contributed by atoms with Crippen LogP contribution < -0.4 is 20.3 Å². The van der Waals surface area contributed by atoms with Crippen molar-refractivity contribution in [2.45, 2.75) is 0 Å². The second-order valence-electron chi connectivity index (χ2n) is 6.21. The first-order chi connectivity index (χ1) is 13.6. The highest BCUT2D eigenvalue weighted by molar-refractivity contribution is 6.10. The van der Waals surface area contributed by atoms with E-state index in [-0.39, 0.29) is 11.1 Å². The largest absolute Gasteiger partial charge is 0.497 e. The van der Waals surface area contributed by atoms with Crippen molar-refractivity contribution in [1.29, 1.82) is 5.41 Å². The molecule has 6 heteroatoms. The van der Waals surface area contributed by atoms with Crippen molar-refractivity contribution in [3.05, 3.63) is 71.8 Å². The van der Waals surface area contributed by atoms with E-state index >= 15 is 0 Å². The van der Waals surface area contributed by atoms with E-state index in [4.69, 9.17) is 19.3 Å². The maximum absolute atomic E-state index is 12.9. The standard InChI is InChI=1S/C22H18N2O4/c1-26-14-8-9-18(20(11-14)27-2)24-22(25)17-12-16-15-6-4-3-5-13(15)7-10-19(16)28-21(17)23/h3-12,23H,1-2H3,(H,24,25). The molecule has 1 amide bonds. The smallest absolute Gasteiger partial charge is 0.261 e. The zero-order chi connectivity index (χ0) is 19.7. The van der Waals surface area contributed by atoms with Gasteiger partial charge in [-0.1, -0.05) is 30.3 Å². The molecule has 3 aromatic carbocycles. The average molecular weight is 374 g/mol. The van der Waals surface area contributed by atoms with E-state index in [2.05, 4.69) is 5.32 Å². The molecule has 140 valence electrons. The Morgan fingerprint density at radius 2 is 1.79 bits per heavy atom. The molecule has 0 fully saturated rings. The van der Waals surface area contributed by atoms with E-state index in [1.54, 1.807) is 31.4 Å². The second kappa shape index (κ2) is 7.08. The first-order valence-corrected chi connectivity index (χ1v) is 8.64. The van der Waals surface area contributed by atoms with Crippen LogP contribution >= 0.6 is 0 Å². The molecule has 0 aliphatic heterocycles. The number of rotatable bonds is 4. The minimum atomic E-state index is -0.452. The van der Waals surface area contributed by atoms with Gasteiger partial charge in [0.25, 0.3) is 5.91 Å². The monoisotopic (exact) mass is 374 g/mol. The summed E-state index contributed by atoms with van der Waals surface area (Å²) in [5.41, 5.74) is 0.975. The number of hydrogen-bond acceptors (Lipinski definition) is 5. The van der Waals surface area contributed by atoms with Gasteiger partial charge in [0.1, 0.15) is 22.6 Å². The molecule has 0 spiro atoms. The Balaban J connectivity index is 1.78. The summed E-state index contributed by atoms with van der Waals surface area (Å²) >= 11 is 0. The Bertz CT molecular complexity index is 1260. The van der Waals surface area contributed by atoms with E-state index in [1.807, 2.05) is 36.4 Å². The third-order valence-electron chi connectivity index (χ3n) is 4.58. The number of amides is 1. The summed E-state index contributed by atoms with van der Waals surface area (Å²) in [7, 11) is 3.07. The van der Waals surface area contributed by atoms with Crippen LogP contribution in [0.5, 0.6) is 11.5 Å². The van der Waals surface area contributed by atoms with Gasteiger partial charge in [-0.25, -0.2) is 0 Å². The van der Waals surface area contributed by atoms with Crippen LogP contribution in [0.1, 0.15) is 10.4 Å². The van der Waals surface area contributed by atoms with Gasteiger partial charge in [0.2, 0.25) is 5.55 Å². The quantitative estimate of drug-likeness (QED) is 0.521. The number of anilines is 1. The molecule has 2 N–H and O–H groups in total. The fourth-order valence-electron chi connectivity index (χ4n) is 3.15. The summed E-state index contributed by atoms with van der Waals surface area (Å²) in [6, 6.07) is 18.4. The van der Waals surface area contributed by atoms with Gasteiger partial charge in [0, 0.05) is 11.5 Å². The Labute approximate surface area is 160 Å². The zero-order valence-electron chi connectivity index (χ0n) is 15.4. The molecule has 0 unspecified atom stereocenters.